The molecule has 0 atom stereocenters. The van der Waals surface area contributed by atoms with Gasteiger partial charge in [0.2, 0.25) is 15.9 Å². The van der Waals surface area contributed by atoms with E-state index in [1.54, 1.807) is 0 Å². The number of sulfonamides is 1. The lowest BCUT2D eigenvalue weighted by Gasteiger charge is -2.09. The number of benzene rings is 2. The van der Waals surface area contributed by atoms with Crippen molar-refractivity contribution < 1.29 is 18.0 Å². The van der Waals surface area contributed by atoms with Gasteiger partial charge in [0, 0.05) is 11.6 Å². The summed E-state index contributed by atoms with van der Waals surface area (Å²) in [6, 6.07) is 14.7. The van der Waals surface area contributed by atoms with Crippen LogP contribution in [0.4, 0.5) is 0 Å². The van der Waals surface area contributed by atoms with Gasteiger partial charge in [0.1, 0.15) is 0 Å². The van der Waals surface area contributed by atoms with Crippen LogP contribution in [-0.2, 0) is 21.2 Å². The molecular weight excluding hydrogens is 354 g/mol. The molecule has 0 unspecified atom stereocenters. The van der Waals surface area contributed by atoms with Gasteiger partial charge in [-0.3, -0.25) is 20.4 Å². The summed E-state index contributed by atoms with van der Waals surface area (Å²) in [7, 11) is -3.55. The predicted molar refractivity (Wildman–Crippen MR) is 95.5 cm³/mol. The number of carbonyl (C=O) groups is 2. The molecule has 0 radical (unpaired) electrons. The first-order chi connectivity index (χ1) is 12.4. The summed E-state index contributed by atoms with van der Waals surface area (Å²) in [6.45, 7) is 0. The Morgan fingerprint density at radius 1 is 0.923 bits per heavy atom. The average Bonchev–Trinajstić information content (AvgIpc) is 3.44. The van der Waals surface area contributed by atoms with Crippen LogP contribution in [0.1, 0.15) is 28.8 Å². The summed E-state index contributed by atoms with van der Waals surface area (Å²) in [5.41, 5.74) is 5.73. The van der Waals surface area contributed by atoms with Crippen LogP contribution in [0.25, 0.3) is 0 Å². The summed E-state index contributed by atoms with van der Waals surface area (Å²) in [4.78, 5) is 24.0. The summed E-state index contributed by atoms with van der Waals surface area (Å²) in [5.74, 6) is -0.872. The number of rotatable bonds is 6. The highest BCUT2D eigenvalue weighted by Gasteiger charge is 2.27. The van der Waals surface area contributed by atoms with Crippen molar-refractivity contribution in [3.63, 3.8) is 0 Å². The Hall–Kier alpha value is -2.71. The molecule has 1 aliphatic carbocycles. The zero-order valence-electron chi connectivity index (χ0n) is 13.9. The van der Waals surface area contributed by atoms with Gasteiger partial charge in [0.25, 0.3) is 5.91 Å². The molecule has 2 aromatic carbocycles. The molecule has 3 N–H and O–H groups in total. The van der Waals surface area contributed by atoms with E-state index in [1.807, 2.05) is 30.3 Å². The van der Waals surface area contributed by atoms with Crippen LogP contribution in [0, 0.1) is 0 Å². The second-order valence-corrected chi connectivity index (χ2v) is 7.80. The smallest absolute Gasteiger partial charge is 0.269 e. The Kier molecular flexibility index (Phi) is 5.34. The molecule has 1 saturated carbocycles. The number of hydrogen-bond acceptors (Lipinski definition) is 4. The van der Waals surface area contributed by atoms with E-state index < -0.39 is 15.9 Å². The van der Waals surface area contributed by atoms with E-state index in [2.05, 4.69) is 15.6 Å². The van der Waals surface area contributed by atoms with Gasteiger partial charge in [0.15, 0.2) is 0 Å². The van der Waals surface area contributed by atoms with Crippen LogP contribution in [0.5, 0.6) is 0 Å². The molecule has 0 aliphatic heterocycles. The Morgan fingerprint density at radius 3 is 2.19 bits per heavy atom. The zero-order valence-corrected chi connectivity index (χ0v) is 14.8. The van der Waals surface area contributed by atoms with E-state index in [9.17, 15) is 18.0 Å². The van der Waals surface area contributed by atoms with E-state index >= 15 is 0 Å². The van der Waals surface area contributed by atoms with Gasteiger partial charge in [0.05, 0.1) is 11.3 Å². The van der Waals surface area contributed by atoms with E-state index in [4.69, 9.17) is 0 Å². The first-order valence-corrected chi connectivity index (χ1v) is 9.68. The minimum atomic E-state index is -3.55. The van der Waals surface area contributed by atoms with E-state index in [-0.39, 0.29) is 28.8 Å². The fraction of sp³-hybridized carbons (Fsp3) is 0.222. The summed E-state index contributed by atoms with van der Waals surface area (Å²) in [6.07, 6.45) is 1.84. The van der Waals surface area contributed by atoms with Crippen LogP contribution in [0.3, 0.4) is 0 Å². The Bertz CT molecular complexity index is 892. The van der Waals surface area contributed by atoms with Crippen molar-refractivity contribution in [1.82, 2.24) is 15.6 Å². The van der Waals surface area contributed by atoms with Crippen LogP contribution >= 0.6 is 0 Å². The molecule has 0 bridgehead atoms. The zero-order chi connectivity index (χ0) is 18.6. The third-order valence-corrected chi connectivity index (χ3v) is 5.39. The first-order valence-electron chi connectivity index (χ1n) is 8.19. The molecule has 26 heavy (non-hydrogen) atoms. The molecule has 2 aromatic rings. The highest BCUT2D eigenvalue weighted by molar-refractivity contribution is 7.89. The predicted octanol–water partition coefficient (Wildman–Crippen LogP) is 1.13. The number of hydrogen-bond donors (Lipinski definition) is 3. The SMILES string of the molecule is O=C(Cc1ccccc1)NNC(=O)c1ccc(S(=O)(=O)NC2CC2)cc1. The van der Waals surface area contributed by atoms with Crippen LogP contribution in [0.2, 0.25) is 0 Å². The Labute approximate surface area is 151 Å². The molecule has 7 nitrogen and oxygen atoms in total. The van der Waals surface area contributed by atoms with Gasteiger partial charge in [-0.25, -0.2) is 13.1 Å². The number of carbonyl (C=O) groups excluding carboxylic acids is 2. The quantitative estimate of drug-likeness (QED) is 0.660. The minimum Gasteiger partial charge on any atom is -0.273 e. The number of hydrazine groups is 1. The lowest BCUT2D eigenvalue weighted by molar-refractivity contribution is -0.121. The van der Waals surface area contributed by atoms with Crippen molar-refractivity contribution in [2.24, 2.45) is 0 Å². The maximum absolute atomic E-state index is 12.1. The minimum absolute atomic E-state index is 0.0165. The van der Waals surface area contributed by atoms with Gasteiger partial charge in [-0.2, -0.15) is 0 Å². The molecule has 1 aliphatic rings. The summed E-state index contributed by atoms with van der Waals surface area (Å²) >= 11 is 0. The molecule has 0 saturated heterocycles. The van der Waals surface area contributed by atoms with Crippen molar-refractivity contribution in [2.45, 2.75) is 30.2 Å². The Balaban J connectivity index is 1.53. The van der Waals surface area contributed by atoms with Crippen molar-refractivity contribution >= 4 is 21.8 Å². The average molecular weight is 373 g/mol. The molecule has 2 amide bonds. The maximum atomic E-state index is 12.1. The fourth-order valence-corrected chi connectivity index (χ4v) is 3.60. The topological polar surface area (TPSA) is 104 Å². The lowest BCUT2D eigenvalue weighted by Crippen LogP contribution is -2.42. The van der Waals surface area contributed by atoms with Crippen molar-refractivity contribution in [1.29, 1.82) is 0 Å². The maximum Gasteiger partial charge on any atom is 0.269 e. The highest BCUT2D eigenvalue weighted by Crippen LogP contribution is 2.22. The second kappa shape index (κ2) is 7.67. The molecule has 0 heterocycles. The van der Waals surface area contributed by atoms with Crippen molar-refractivity contribution in [3.8, 4) is 0 Å². The molecule has 0 aromatic heterocycles. The van der Waals surface area contributed by atoms with E-state index in [1.165, 1.54) is 24.3 Å². The molecule has 136 valence electrons. The Morgan fingerprint density at radius 2 is 1.58 bits per heavy atom. The normalized spacial score (nSPS) is 13.8. The first kappa shape index (κ1) is 18.1. The summed E-state index contributed by atoms with van der Waals surface area (Å²) < 4.78 is 26.7. The van der Waals surface area contributed by atoms with Gasteiger partial charge in [-0.15, -0.1) is 0 Å². The molecule has 0 spiro atoms. The standard InChI is InChI=1S/C18H19N3O4S/c22-17(12-13-4-2-1-3-5-13)19-20-18(23)14-6-10-16(11-7-14)26(24,25)21-15-8-9-15/h1-7,10-11,15,21H,8-9,12H2,(H,19,22)(H,20,23). The van der Waals surface area contributed by atoms with Crippen LogP contribution < -0.4 is 15.6 Å². The van der Waals surface area contributed by atoms with Gasteiger partial charge < -0.3 is 0 Å². The molecular formula is C18H19N3O4S. The third kappa shape index (κ3) is 4.90. The molecule has 1 fully saturated rings. The number of amides is 2. The molecule has 8 heteroatoms. The van der Waals surface area contributed by atoms with Crippen LogP contribution in [-0.4, -0.2) is 26.3 Å². The van der Waals surface area contributed by atoms with Crippen molar-refractivity contribution in [3.05, 3.63) is 65.7 Å². The number of nitrogens with one attached hydrogen (secondary N) is 3. The highest BCUT2D eigenvalue weighted by atomic mass is 32.2. The molecule has 3 rings (SSSR count). The summed E-state index contributed by atoms with van der Waals surface area (Å²) in [5, 5.41) is 0. The van der Waals surface area contributed by atoms with Gasteiger partial charge in [-0.05, 0) is 42.7 Å². The lowest BCUT2D eigenvalue weighted by atomic mass is 10.1. The van der Waals surface area contributed by atoms with Crippen molar-refractivity contribution in [2.75, 3.05) is 0 Å². The fourth-order valence-electron chi connectivity index (χ4n) is 2.30. The van der Waals surface area contributed by atoms with E-state index in [0.717, 1.165) is 18.4 Å². The third-order valence-electron chi connectivity index (χ3n) is 3.85. The second-order valence-electron chi connectivity index (χ2n) is 6.08. The van der Waals surface area contributed by atoms with Gasteiger partial charge in [-0.1, -0.05) is 30.3 Å². The van der Waals surface area contributed by atoms with Gasteiger partial charge >= 0.3 is 0 Å². The largest absolute Gasteiger partial charge is 0.273 e. The van der Waals surface area contributed by atoms with E-state index in [0.29, 0.717) is 0 Å². The van der Waals surface area contributed by atoms with Crippen LogP contribution in [0.15, 0.2) is 59.5 Å². The monoisotopic (exact) mass is 373 g/mol.